The quantitative estimate of drug-likeness (QED) is 0.145. The number of rotatable bonds is 7. The molecular formula is C70H44N2S. The lowest BCUT2D eigenvalue weighted by Gasteiger charge is -2.26. The lowest BCUT2D eigenvalue weighted by molar-refractivity contribution is 1.18. The number of para-hydroxylation sites is 1. The van der Waals surface area contributed by atoms with Crippen molar-refractivity contribution in [1.29, 1.82) is 0 Å². The predicted molar refractivity (Wildman–Crippen MR) is 315 cm³/mol. The first-order valence-corrected chi connectivity index (χ1v) is 25.9. The number of fused-ring (bicyclic) bond motifs is 13. The second kappa shape index (κ2) is 16.7. The van der Waals surface area contributed by atoms with E-state index in [-0.39, 0.29) is 0 Å². The number of hydrogen-bond acceptors (Lipinski definition) is 2. The minimum atomic E-state index is 1.10. The van der Waals surface area contributed by atoms with Crippen LogP contribution in [0.1, 0.15) is 0 Å². The van der Waals surface area contributed by atoms with Gasteiger partial charge in [-0.3, -0.25) is 0 Å². The molecular weight excluding hydrogens is 901 g/mol. The molecule has 0 aliphatic rings. The van der Waals surface area contributed by atoms with Crippen molar-refractivity contribution < 1.29 is 0 Å². The first-order valence-electron chi connectivity index (χ1n) is 25.1. The van der Waals surface area contributed by atoms with Gasteiger partial charge in [0, 0.05) is 53.7 Å². The Bertz CT molecular complexity index is 4620. The van der Waals surface area contributed by atoms with Gasteiger partial charge in [0.2, 0.25) is 0 Å². The summed E-state index contributed by atoms with van der Waals surface area (Å²) < 4.78 is 5.00. The molecule has 15 rings (SSSR count). The highest BCUT2D eigenvalue weighted by atomic mass is 32.1. The molecule has 0 spiro atoms. The second-order valence-corrected chi connectivity index (χ2v) is 20.3. The third kappa shape index (κ3) is 6.78. The Hall–Kier alpha value is -9.28. The third-order valence-electron chi connectivity index (χ3n) is 15.2. The molecule has 0 atom stereocenters. The highest BCUT2D eigenvalue weighted by Gasteiger charge is 2.19. The maximum atomic E-state index is 2.41. The van der Waals surface area contributed by atoms with Gasteiger partial charge in [-0.2, -0.15) is 0 Å². The topological polar surface area (TPSA) is 8.17 Å². The van der Waals surface area contributed by atoms with Gasteiger partial charge < -0.3 is 9.47 Å². The highest BCUT2D eigenvalue weighted by Crippen LogP contribution is 2.44. The van der Waals surface area contributed by atoms with Crippen LogP contribution in [0.15, 0.2) is 267 Å². The third-order valence-corrected chi connectivity index (χ3v) is 16.3. The largest absolute Gasteiger partial charge is 0.310 e. The van der Waals surface area contributed by atoms with Crippen LogP contribution >= 0.6 is 11.3 Å². The van der Waals surface area contributed by atoms with E-state index >= 15 is 0 Å². The molecule has 3 heteroatoms. The summed E-state index contributed by atoms with van der Waals surface area (Å²) in [5.41, 5.74) is 14.1. The van der Waals surface area contributed by atoms with Crippen molar-refractivity contribution in [2.45, 2.75) is 0 Å². The molecule has 340 valence electrons. The van der Waals surface area contributed by atoms with Crippen molar-refractivity contribution >= 4 is 113 Å². The summed E-state index contributed by atoms with van der Waals surface area (Å²) in [6.45, 7) is 0. The molecule has 2 heterocycles. The van der Waals surface area contributed by atoms with Crippen LogP contribution in [0, 0.1) is 0 Å². The number of anilines is 3. The van der Waals surface area contributed by atoms with Gasteiger partial charge in [0.05, 0.1) is 11.0 Å². The van der Waals surface area contributed by atoms with E-state index in [9.17, 15) is 0 Å². The number of nitrogens with zero attached hydrogens (tertiary/aromatic N) is 2. The van der Waals surface area contributed by atoms with E-state index in [4.69, 9.17) is 0 Å². The number of thiophene rings is 1. The summed E-state index contributed by atoms with van der Waals surface area (Å²) >= 11 is 1.86. The van der Waals surface area contributed by atoms with Gasteiger partial charge in [-0.15, -0.1) is 11.3 Å². The molecule has 13 aromatic carbocycles. The number of benzene rings is 13. The zero-order valence-corrected chi connectivity index (χ0v) is 40.5. The van der Waals surface area contributed by atoms with Crippen LogP contribution in [0.5, 0.6) is 0 Å². The minimum absolute atomic E-state index is 1.10. The van der Waals surface area contributed by atoms with Crippen molar-refractivity contribution in [3.8, 4) is 39.1 Å². The zero-order chi connectivity index (χ0) is 48.0. The van der Waals surface area contributed by atoms with E-state index in [1.165, 1.54) is 118 Å². The van der Waals surface area contributed by atoms with E-state index in [1.807, 2.05) is 11.3 Å². The summed E-state index contributed by atoms with van der Waals surface area (Å²) in [6, 6.07) is 98.6. The first-order chi connectivity index (χ1) is 36.2. The van der Waals surface area contributed by atoms with Crippen LogP contribution in [0.2, 0.25) is 0 Å². The van der Waals surface area contributed by atoms with Crippen molar-refractivity contribution in [2.24, 2.45) is 0 Å². The smallest absolute Gasteiger partial charge is 0.0541 e. The van der Waals surface area contributed by atoms with Crippen LogP contribution in [0.4, 0.5) is 17.1 Å². The lowest BCUT2D eigenvalue weighted by atomic mass is 9.92. The number of hydrogen-bond donors (Lipinski definition) is 0. The molecule has 0 N–H and O–H groups in total. The summed E-state index contributed by atoms with van der Waals surface area (Å²) in [4.78, 5) is 2.41. The maximum Gasteiger partial charge on any atom is 0.0541 e. The van der Waals surface area contributed by atoms with Crippen LogP contribution in [-0.2, 0) is 0 Å². The zero-order valence-electron chi connectivity index (χ0n) is 39.7. The molecule has 0 aliphatic heterocycles. The molecule has 0 saturated heterocycles. The van der Waals surface area contributed by atoms with E-state index in [0.29, 0.717) is 0 Å². The molecule has 73 heavy (non-hydrogen) atoms. The fourth-order valence-corrected chi connectivity index (χ4v) is 12.8. The maximum absolute atomic E-state index is 2.41. The summed E-state index contributed by atoms with van der Waals surface area (Å²) in [6.07, 6.45) is 0. The van der Waals surface area contributed by atoms with E-state index < -0.39 is 0 Å². The lowest BCUT2D eigenvalue weighted by Crippen LogP contribution is -2.09. The van der Waals surface area contributed by atoms with Crippen molar-refractivity contribution in [3.05, 3.63) is 267 Å². The van der Waals surface area contributed by atoms with Crippen molar-refractivity contribution in [3.63, 3.8) is 0 Å². The molecule has 0 bridgehead atoms. The average molecular weight is 945 g/mol. The highest BCUT2D eigenvalue weighted by molar-refractivity contribution is 7.25. The van der Waals surface area contributed by atoms with Gasteiger partial charge in [-0.05, 0) is 167 Å². The number of aromatic nitrogens is 1. The van der Waals surface area contributed by atoms with E-state index in [2.05, 4.69) is 276 Å². The van der Waals surface area contributed by atoms with E-state index in [0.717, 1.165) is 22.7 Å². The Kier molecular flexibility index (Phi) is 9.48. The monoisotopic (exact) mass is 944 g/mol. The van der Waals surface area contributed by atoms with Gasteiger partial charge in [0.1, 0.15) is 0 Å². The summed E-state index contributed by atoms with van der Waals surface area (Å²) in [7, 11) is 0. The fourth-order valence-electron chi connectivity index (χ4n) is 11.7. The molecule has 2 nitrogen and oxygen atoms in total. The van der Waals surface area contributed by atoms with Crippen LogP contribution in [-0.4, -0.2) is 4.57 Å². The molecule has 0 unspecified atom stereocenters. The normalized spacial score (nSPS) is 11.8. The van der Waals surface area contributed by atoms with Gasteiger partial charge in [-0.25, -0.2) is 0 Å². The Balaban J connectivity index is 0.842. The molecule has 0 saturated carbocycles. The molecule has 15 aromatic rings. The predicted octanol–water partition coefficient (Wildman–Crippen LogP) is 20.2. The van der Waals surface area contributed by atoms with Gasteiger partial charge in [0.15, 0.2) is 0 Å². The van der Waals surface area contributed by atoms with Gasteiger partial charge in [0.25, 0.3) is 0 Å². The summed E-state index contributed by atoms with van der Waals surface area (Å²) in [5, 5.41) is 15.3. The summed E-state index contributed by atoms with van der Waals surface area (Å²) in [5.74, 6) is 0. The molecule has 0 aliphatic carbocycles. The van der Waals surface area contributed by atoms with Crippen LogP contribution in [0.25, 0.3) is 124 Å². The Morgan fingerprint density at radius 2 is 0.726 bits per heavy atom. The fraction of sp³-hybridized carbons (Fsp3) is 0. The van der Waals surface area contributed by atoms with Crippen LogP contribution < -0.4 is 4.90 Å². The molecule has 2 aromatic heterocycles. The first kappa shape index (κ1) is 41.5. The SMILES string of the molecule is c1ccc(-n2c3ccc(-c4ccc(N(c5ccc(-c6ccc7c8ccccc8c8ccccc8c7c6)cc5)c5ccc6sc7ccccc7c6c5)cc4)cc3c3cc(-c4cccc5ccccc45)ccc32)cc1. The molecule has 0 amide bonds. The molecule has 0 radical (unpaired) electrons. The standard InChI is InChI=1S/C70H44N2S/c1-2-15-51(16-3-1)72-67-38-30-49(42-64(67)65-43-50(31-39-68(65)72)56-23-12-14-47-13-4-5-17-55(47)56)46-27-34-53(35-28-46)71(54-36-40-70-66(44-54)62-22-10-11-24-69(62)73-70)52-32-25-45(26-33-52)48-29-37-61-59-20-7-6-18-57(59)58-19-8-9-21-60(58)63(61)41-48/h1-44H. The van der Waals surface area contributed by atoms with Crippen molar-refractivity contribution in [2.75, 3.05) is 4.90 Å². The average Bonchev–Trinajstić information content (AvgIpc) is 4.01. The second-order valence-electron chi connectivity index (χ2n) is 19.2. The Labute approximate surface area is 426 Å². The van der Waals surface area contributed by atoms with Crippen molar-refractivity contribution in [1.82, 2.24) is 4.57 Å². The molecule has 0 fully saturated rings. The van der Waals surface area contributed by atoms with Gasteiger partial charge >= 0.3 is 0 Å². The van der Waals surface area contributed by atoms with Crippen LogP contribution in [0.3, 0.4) is 0 Å². The van der Waals surface area contributed by atoms with Gasteiger partial charge in [-0.1, -0.05) is 176 Å². The Morgan fingerprint density at radius 3 is 1.40 bits per heavy atom. The Morgan fingerprint density at radius 1 is 0.260 bits per heavy atom. The minimum Gasteiger partial charge on any atom is -0.310 e. The van der Waals surface area contributed by atoms with E-state index in [1.54, 1.807) is 0 Å².